The van der Waals surface area contributed by atoms with Crippen molar-refractivity contribution in [3.05, 3.63) is 89.3 Å². The third kappa shape index (κ3) is 7.32. The van der Waals surface area contributed by atoms with Crippen molar-refractivity contribution in [2.75, 3.05) is 12.8 Å². The van der Waals surface area contributed by atoms with Crippen LogP contribution in [0.3, 0.4) is 0 Å². The fourth-order valence-corrected chi connectivity index (χ4v) is 4.66. The molecule has 0 saturated heterocycles. The van der Waals surface area contributed by atoms with Crippen molar-refractivity contribution in [2.45, 2.75) is 25.5 Å². The first kappa shape index (κ1) is 24.8. The summed E-state index contributed by atoms with van der Waals surface area (Å²) in [5, 5.41) is 2.77. The van der Waals surface area contributed by atoms with Gasteiger partial charge in [0, 0.05) is 30.0 Å². The van der Waals surface area contributed by atoms with Crippen molar-refractivity contribution in [2.24, 2.45) is 23.5 Å². The molecule has 2 amide bonds. The molecule has 174 valence electrons. The molecule has 0 aromatic heterocycles. The molecule has 1 fully saturated rings. The number of primary amides is 1. The van der Waals surface area contributed by atoms with Gasteiger partial charge in [-0.3, -0.25) is 9.59 Å². The number of allylic oxidation sites excluding steroid dienone is 3. The standard InChI is InChI=1S/C27H31FN2O2S/c1-18(27(32)30-2)25(20-10-11-20)16-22(21-5-3-6-23(15-21)26(29)31)7-4-14-33-17-19-8-12-24(28)13-9-19/h3-9,12-13,15-16,18,20,25H,10-11,14,17H2,1-2H3,(H2,29,31)(H,30,32). The van der Waals surface area contributed by atoms with Crippen LogP contribution in [0, 0.1) is 23.6 Å². The Labute approximate surface area is 199 Å². The van der Waals surface area contributed by atoms with E-state index >= 15 is 0 Å². The highest BCUT2D eigenvalue weighted by Gasteiger charge is 2.36. The molecule has 1 aliphatic carbocycles. The van der Waals surface area contributed by atoms with Crippen LogP contribution in [0.15, 0.2) is 66.8 Å². The van der Waals surface area contributed by atoms with Crippen LogP contribution in [0.25, 0.3) is 5.57 Å². The Morgan fingerprint density at radius 3 is 2.52 bits per heavy atom. The zero-order valence-electron chi connectivity index (χ0n) is 19.1. The van der Waals surface area contributed by atoms with E-state index < -0.39 is 5.91 Å². The van der Waals surface area contributed by atoms with E-state index in [1.54, 1.807) is 43.1 Å². The normalized spacial score (nSPS) is 15.9. The van der Waals surface area contributed by atoms with Gasteiger partial charge < -0.3 is 11.1 Å². The van der Waals surface area contributed by atoms with Gasteiger partial charge in [0.2, 0.25) is 11.8 Å². The molecule has 0 spiro atoms. The van der Waals surface area contributed by atoms with Gasteiger partial charge in [0.1, 0.15) is 5.82 Å². The Hall–Kier alpha value is -2.86. The average molecular weight is 467 g/mol. The molecular weight excluding hydrogens is 435 g/mol. The molecule has 0 heterocycles. The van der Waals surface area contributed by atoms with Crippen LogP contribution in [0.5, 0.6) is 0 Å². The number of hydrogen-bond acceptors (Lipinski definition) is 3. The molecule has 4 nitrogen and oxygen atoms in total. The van der Waals surface area contributed by atoms with Gasteiger partial charge in [0.25, 0.3) is 0 Å². The number of carbonyl (C=O) groups is 2. The van der Waals surface area contributed by atoms with Crippen LogP contribution < -0.4 is 11.1 Å². The summed E-state index contributed by atoms with van der Waals surface area (Å²) in [5.74, 6) is 1.38. The van der Waals surface area contributed by atoms with Crippen molar-refractivity contribution in [3.8, 4) is 0 Å². The average Bonchev–Trinajstić information content (AvgIpc) is 3.66. The van der Waals surface area contributed by atoms with Gasteiger partial charge in [0.05, 0.1) is 0 Å². The molecule has 2 atom stereocenters. The van der Waals surface area contributed by atoms with Crippen molar-refractivity contribution in [3.63, 3.8) is 0 Å². The topological polar surface area (TPSA) is 72.2 Å². The van der Waals surface area contributed by atoms with Crippen LogP contribution in [0.1, 0.15) is 41.3 Å². The Morgan fingerprint density at radius 2 is 1.88 bits per heavy atom. The number of nitrogens with two attached hydrogens (primary N) is 1. The highest BCUT2D eigenvalue weighted by atomic mass is 32.2. The third-order valence-corrected chi connectivity index (χ3v) is 6.92. The molecule has 1 saturated carbocycles. The lowest BCUT2D eigenvalue weighted by molar-refractivity contribution is -0.125. The van der Waals surface area contributed by atoms with Crippen molar-refractivity contribution < 1.29 is 14.0 Å². The predicted octanol–water partition coefficient (Wildman–Crippen LogP) is 5.21. The van der Waals surface area contributed by atoms with E-state index in [9.17, 15) is 14.0 Å². The maximum absolute atomic E-state index is 13.1. The summed E-state index contributed by atoms with van der Waals surface area (Å²) in [6.45, 7) is 1.97. The van der Waals surface area contributed by atoms with Gasteiger partial charge in [-0.15, -0.1) is 0 Å². The number of amides is 2. The Morgan fingerprint density at radius 1 is 1.18 bits per heavy atom. The summed E-state index contributed by atoms with van der Waals surface area (Å²) in [6.07, 6.45) is 8.57. The molecule has 0 bridgehead atoms. The van der Waals surface area contributed by atoms with E-state index in [2.05, 4.69) is 23.5 Å². The minimum absolute atomic E-state index is 0.0345. The molecule has 3 rings (SSSR count). The fourth-order valence-electron chi connectivity index (χ4n) is 3.88. The van der Waals surface area contributed by atoms with E-state index in [0.29, 0.717) is 11.5 Å². The fraction of sp³-hybridized carbons (Fsp3) is 0.333. The molecule has 1 aliphatic rings. The Bertz CT molecular complexity index is 1030. The molecule has 0 aliphatic heterocycles. The van der Waals surface area contributed by atoms with Crippen molar-refractivity contribution >= 4 is 29.1 Å². The maximum atomic E-state index is 13.1. The molecule has 33 heavy (non-hydrogen) atoms. The summed E-state index contributed by atoms with van der Waals surface area (Å²) in [5.41, 5.74) is 8.91. The first-order valence-electron chi connectivity index (χ1n) is 11.2. The van der Waals surface area contributed by atoms with Crippen molar-refractivity contribution in [1.82, 2.24) is 5.32 Å². The summed E-state index contributed by atoms with van der Waals surface area (Å²) in [6, 6.07) is 13.8. The second kappa shape index (κ2) is 11.8. The maximum Gasteiger partial charge on any atom is 0.248 e. The summed E-state index contributed by atoms with van der Waals surface area (Å²) < 4.78 is 13.1. The number of halogens is 1. The monoisotopic (exact) mass is 466 g/mol. The molecule has 0 radical (unpaired) electrons. The van der Waals surface area contributed by atoms with Gasteiger partial charge in [0.15, 0.2) is 0 Å². The van der Waals surface area contributed by atoms with Crippen LogP contribution in [-0.4, -0.2) is 24.6 Å². The van der Waals surface area contributed by atoms with E-state index in [-0.39, 0.29) is 23.6 Å². The molecule has 2 unspecified atom stereocenters. The lowest BCUT2D eigenvalue weighted by Crippen LogP contribution is -2.31. The van der Waals surface area contributed by atoms with Gasteiger partial charge in [-0.1, -0.05) is 49.4 Å². The molecular formula is C27H31FN2O2S. The second-order valence-corrected chi connectivity index (χ2v) is 9.46. The van der Waals surface area contributed by atoms with E-state index in [1.165, 1.54) is 12.1 Å². The highest BCUT2D eigenvalue weighted by Crippen LogP contribution is 2.42. The minimum Gasteiger partial charge on any atom is -0.366 e. The zero-order valence-corrected chi connectivity index (χ0v) is 19.9. The minimum atomic E-state index is -0.465. The first-order chi connectivity index (χ1) is 15.9. The molecule has 6 heteroatoms. The lowest BCUT2D eigenvalue weighted by atomic mass is 9.85. The van der Waals surface area contributed by atoms with Gasteiger partial charge in [-0.2, -0.15) is 11.8 Å². The Balaban J connectivity index is 1.80. The number of hydrogen-bond donors (Lipinski definition) is 2. The van der Waals surface area contributed by atoms with Gasteiger partial charge in [-0.25, -0.2) is 4.39 Å². The highest BCUT2D eigenvalue weighted by molar-refractivity contribution is 7.98. The number of benzene rings is 2. The number of carbonyl (C=O) groups excluding carboxylic acids is 2. The third-order valence-electron chi connectivity index (χ3n) is 5.95. The predicted molar refractivity (Wildman–Crippen MR) is 134 cm³/mol. The van der Waals surface area contributed by atoms with E-state index in [0.717, 1.165) is 41.0 Å². The summed E-state index contributed by atoms with van der Waals surface area (Å²) in [7, 11) is 1.67. The van der Waals surface area contributed by atoms with Crippen LogP contribution in [0.2, 0.25) is 0 Å². The van der Waals surface area contributed by atoms with Crippen LogP contribution in [0.4, 0.5) is 4.39 Å². The smallest absolute Gasteiger partial charge is 0.248 e. The Kier molecular flexibility index (Phi) is 8.89. The largest absolute Gasteiger partial charge is 0.366 e. The number of rotatable bonds is 11. The SMILES string of the molecule is CNC(=O)C(C)C(C=C(C=CCSCc1ccc(F)cc1)c1cccc(C(N)=O)c1)C1CC1. The number of thioether (sulfide) groups is 1. The molecule has 2 aromatic rings. The summed E-state index contributed by atoms with van der Waals surface area (Å²) in [4.78, 5) is 24.1. The van der Waals surface area contributed by atoms with Crippen molar-refractivity contribution in [1.29, 1.82) is 0 Å². The number of nitrogens with one attached hydrogen (secondary N) is 1. The van der Waals surface area contributed by atoms with E-state index in [1.807, 2.05) is 19.1 Å². The zero-order chi connectivity index (χ0) is 23.8. The summed E-state index contributed by atoms with van der Waals surface area (Å²) >= 11 is 1.74. The van der Waals surface area contributed by atoms with Gasteiger partial charge in [-0.05, 0) is 65.6 Å². The lowest BCUT2D eigenvalue weighted by Gasteiger charge is -2.20. The van der Waals surface area contributed by atoms with Crippen LogP contribution >= 0.6 is 11.8 Å². The van der Waals surface area contributed by atoms with Crippen LogP contribution in [-0.2, 0) is 10.5 Å². The quantitative estimate of drug-likeness (QED) is 0.353. The first-order valence-corrected chi connectivity index (χ1v) is 12.4. The van der Waals surface area contributed by atoms with Gasteiger partial charge >= 0.3 is 0 Å². The second-order valence-electron chi connectivity index (χ2n) is 8.43. The molecule has 2 aromatic carbocycles. The van der Waals surface area contributed by atoms with E-state index in [4.69, 9.17) is 5.73 Å². The molecule has 3 N–H and O–H groups in total.